The molecule has 8 nitrogen and oxygen atoms in total. The fourth-order valence-electron chi connectivity index (χ4n) is 4.05. The van der Waals surface area contributed by atoms with Gasteiger partial charge in [-0.2, -0.15) is 9.50 Å². The number of nitrogens with one attached hydrogen (secondary N) is 4. The average Bonchev–Trinajstić information content (AvgIpc) is 3.21. The highest BCUT2D eigenvalue weighted by Crippen LogP contribution is 2.38. The number of benzene rings is 1. The summed E-state index contributed by atoms with van der Waals surface area (Å²) in [6.07, 6.45) is 2.31. The Morgan fingerprint density at radius 2 is 2.14 bits per heavy atom. The van der Waals surface area contributed by atoms with Gasteiger partial charge in [-0.05, 0) is 63.1 Å². The minimum atomic E-state index is -0.510. The Labute approximate surface area is 169 Å². The lowest BCUT2D eigenvalue weighted by atomic mass is 9.86. The number of amides is 1. The third-order valence-corrected chi connectivity index (χ3v) is 5.77. The van der Waals surface area contributed by atoms with E-state index in [9.17, 15) is 4.79 Å². The van der Waals surface area contributed by atoms with Gasteiger partial charge >= 0.3 is 0 Å². The van der Waals surface area contributed by atoms with Crippen LogP contribution in [0, 0.1) is 0 Å². The van der Waals surface area contributed by atoms with Gasteiger partial charge in [0, 0.05) is 24.0 Å². The predicted octanol–water partition coefficient (Wildman–Crippen LogP) is 2.87. The highest BCUT2D eigenvalue weighted by atomic mass is 16.2. The molecule has 0 unspecified atom stereocenters. The molecule has 5 rings (SSSR count). The SMILES string of the molecule is CC1(C)C(=O)Nc2cc(Nc3nc4cccc(N[C@@H]5CCCNC5)n4n3)ccc21. The normalized spacial score (nSPS) is 20.3. The fraction of sp³-hybridized carbons (Fsp3) is 0.381. The summed E-state index contributed by atoms with van der Waals surface area (Å²) in [5.41, 5.74) is 2.94. The summed E-state index contributed by atoms with van der Waals surface area (Å²) in [4.78, 5) is 16.8. The molecule has 8 heteroatoms. The number of piperidine rings is 1. The predicted molar refractivity (Wildman–Crippen MR) is 114 cm³/mol. The zero-order chi connectivity index (χ0) is 20.0. The monoisotopic (exact) mass is 391 g/mol. The van der Waals surface area contributed by atoms with Gasteiger partial charge in [0.05, 0.1) is 5.41 Å². The van der Waals surface area contributed by atoms with Gasteiger partial charge in [-0.1, -0.05) is 12.1 Å². The van der Waals surface area contributed by atoms with E-state index < -0.39 is 5.41 Å². The van der Waals surface area contributed by atoms with Gasteiger partial charge in [0.1, 0.15) is 5.82 Å². The van der Waals surface area contributed by atoms with Crippen LogP contribution in [0.5, 0.6) is 0 Å². The molecule has 1 saturated heterocycles. The second-order valence-corrected chi connectivity index (χ2v) is 8.27. The van der Waals surface area contributed by atoms with Gasteiger partial charge < -0.3 is 21.3 Å². The van der Waals surface area contributed by atoms with E-state index >= 15 is 0 Å². The van der Waals surface area contributed by atoms with E-state index in [1.807, 2.05) is 54.8 Å². The molecule has 3 aromatic rings. The number of rotatable bonds is 4. The van der Waals surface area contributed by atoms with Gasteiger partial charge in [0.15, 0.2) is 5.65 Å². The molecule has 0 spiro atoms. The molecule has 2 aliphatic heterocycles. The number of carbonyl (C=O) groups is 1. The fourth-order valence-corrected chi connectivity index (χ4v) is 4.05. The highest BCUT2D eigenvalue weighted by molar-refractivity contribution is 6.06. The van der Waals surface area contributed by atoms with Crippen LogP contribution in [0.25, 0.3) is 5.65 Å². The molecule has 1 amide bonds. The van der Waals surface area contributed by atoms with Crippen molar-refractivity contribution in [3.63, 3.8) is 0 Å². The van der Waals surface area contributed by atoms with Crippen LogP contribution >= 0.6 is 0 Å². The summed E-state index contributed by atoms with van der Waals surface area (Å²) in [6.45, 7) is 5.90. The first-order chi connectivity index (χ1) is 14.0. The number of hydrogen-bond donors (Lipinski definition) is 4. The molecule has 0 radical (unpaired) electrons. The third-order valence-electron chi connectivity index (χ3n) is 5.77. The van der Waals surface area contributed by atoms with Crippen LogP contribution < -0.4 is 21.3 Å². The molecule has 4 N–H and O–H groups in total. The summed E-state index contributed by atoms with van der Waals surface area (Å²) in [5, 5.41) is 17.8. The molecule has 2 aromatic heterocycles. The van der Waals surface area contributed by atoms with Crippen LogP contribution in [0.1, 0.15) is 32.3 Å². The minimum Gasteiger partial charge on any atom is -0.366 e. The minimum absolute atomic E-state index is 0.0171. The van der Waals surface area contributed by atoms with E-state index in [1.54, 1.807) is 0 Å². The van der Waals surface area contributed by atoms with Crippen molar-refractivity contribution in [1.29, 1.82) is 0 Å². The number of anilines is 4. The zero-order valence-electron chi connectivity index (χ0n) is 16.6. The largest absolute Gasteiger partial charge is 0.366 e. The third kappa shape index (κ3) is 3.19. The van der Waals surface area contributed by atoms with Crippen molar-refractivity contribution in [2.75, 3.05) is 29.0 Å². The maximum Gasteiger partial charge on any atom is 0.247 e. The first-order valence-corrected chi connectivity index (χ1v) is 10.1. The summed E-state index contributed by atoms with van der Waals surface area (Å²) < 4.78 is 1.83. The molecule has 0 saturated carbocycles. The van der Waals surface area contributed by atoms with Crippen molar-refractivity contribution >= 4 is 34.7 Å². The molecule has 1 aromatic carbocycles. The van der Waals surface area contributed by atoms with E-state index in [1.165, 1.54) is 6.42 Å². The van der Waals surface area contributed by atoms with E-state index in [2.05, 4.69) is 31.3 Å². The van der Waals surface area contributed by atoms with Crippen molar-refractivity contribution in [2.45, 2.75) is 38.1 Å². The zero-order valence-corrected chi connectivity index (χ0v) is 16.6. The summed E-state index contributed by atoms with van der Waals surface area (Å²) >= 11 is 0. The molecule has 0 bridgehead atoms. The number of carbonyl (C=O) groups excluding carboxylic acids is 1. The lowest BCUT2D eigenvalue weighted by Crippen LogP contribution is -2.38. The lowest BCUT2D eigenvalue weighted by molar-refractivity contribution is -0.119. The average molecular weight is 391 g/mol. The Morgan fingerprint density at radius 3 is 2.97 bits per heavy atom. The standard InChI is InChI=1S/C21H25N7O/c1-21(2)15-9-8-13(11-16(15)25-19(21)29)24-20-26-18-7-3-6-17(28(18)27-20)23-14-5-4-10-22-12-14/h3,6-9,11,14,22-23H,4-5,10,12H2,1-2H3,(H,24,27)(H,25,29)/t14-/m1/s1. The quantitative estimate of drug-likeness (QED) is 0.546. The second-order valence-electron chi connectivity index (χ2n) is 8.27. The molecular weight excluding hydrogens is 366 g/mol. The van der Waals surface area contributed by atoms with Crippen LogP contribution in [0.2, 0.25) is 0 Å². The number of hydrogen-bond acceptors (Lipinski definition) is 6. The lowest BCUT2D eigenvalue weighted by Gasteiger charge is -2.24. The van der Waals surface area contributed by atoms with E-state index in [0.717, 1.165) is 47.9 Å². The summed E-state index contributed by atoms with van der Waals surface area (Å²) in [6, 6.07) is 12.2. The molecule has 150 valence electrons. The first kappa shape index (κ1) is 17.9. The van der Waals surface area contributed by atoms with Gasteiger partial charge in [-0.15, -0.1) is 5.10 Å². The van der Waals surface area contributed by atoms with Gasteiger partial charge in [0.2, 0.25) is 11.9 Å². The van der Waals surface area contributed by atoms with Crippen LogP contribution in [0.3, 0.4) is 0 Å². The van der Waals surface area contributed by atoms with Crippen LogP contribution in [-0.4, -0.2) is 39.6 Å². The number of aromatic nitrogens is 3. The molecule has 0 aliphatic carbocycles. The van der Waals surface area contributed by atoms with Gasteiger partial charge in [-0.25, -0.2) is 0 Å². The number of nitrogens with zero attached hydrogens (tertiary/aromatic N) is 3. The maximum atomic E-state index is 12.2. The van der Waals surface area contributed by atoms with Crippen molar-refractivity contribution in [3.05, 3.63) is 42.0 Å². The van der Waals surface area contributed by atoms with E-state index in [-0.39, 0.29) is 5.91 Å². The maximum absolute atomic E-state index is 12.2. The second kappa shape index (κ2) is 6.73. The Bertz CT molecular complexity index is 1080. The van der Waals surface area contributed by atoms with Crippen molar-refractivity contribution in [2.24, 2.45) is 0 Å². The molecule has 4 heterocycles. The Hall–Kier alpha value is -3.13. The number of fused-ring (bicyclic) bond motifs is 2. The van der Waals surface area contributed by atoms with E-state index in [0.29, 0.717) is 12.0 Å². The smallest absolute Gasteiger partial charge is 0.247 e. The summed E-state index contributed by atoms with van der Waals surface area (Å²) in [5.74, 6) is 1.47. The Morgan fingerprint density at radius 1 is 1.24 bits per heavy atom. The van der Waals surface area contributed by atoms with Gasteiger partial charge in [0.25, 0.3) is 0 Å². The van der Waals surface area contributed by atoms with Gasteiger partial charge in [-0.3, -0.25) is 4.79 Å². The molecular formula is C21H25N7O. The number of pyridine rings is 1. The Kier molecular flexibility index (Phi) is 4.16. The van der Waals surface area contributed by atoms with E-state index in [4.69, 9.17) is 0 Å². The Balaban J connectivity index is 1.40. The van der Waals surface area contributed by atoms with Crippen molar-refractivity contribution < 1.29 is 4.79 Å². The van der Waals surface area contributed by atoms with Crippen LogP contribution in [0.4, 0.5) is 23.1 Å². The van der Waals surface area contributed by atoms with Crippen molar-refractivity contribution in [3.8, 4) is 0 Å². The first-order valence-electron chi connectivity index (χ1n) is 10.1. The topological polar surface area (TPSA) is 95.4 Å². The molecule has 29 heavy (non-hydrogen) atoms. The highest BCUT2D eigenvalue weighted by Gasteiger charge is 2.38. The van der Waals surface area contributed by atoms with Crippen molar-refractivity contribution in [1.82, 2.24) is 19.9 Å². The summed E-state index contributed by atoms with van der Waals surface area (Å²) in [7, 11) is 0. The molecule has 2 aliphatic rings. The van der Waals surface area contributed by atoms with Crippen LogP contribution in [-0.2, 0) is 10.2 Å². The molecule has 1 fully saturated rings. The van der Waals surface area contributed by atoms with Crippen LogP contribution in [0.15, 0.2) is 36.4 Å². The molecule has 1 atom stereocenters.